The Balaban J connectivity index is 2.94. The molecule has 1 aromatic carbocycles. The van der Waals surface area contributed by atoms with E-state index in [0.717, 1.165) is 5.56 Å². The second-order valence-electron chi connectivity index (χ2n) is 3.20. The standard InChI is InChI=1S/C10H13Cl2NO/c1-2-9(14)10(13)6-3-7(11)5-8(12)4-6/h3-5,9-10,14H,2,13H2,1H3/t9-,10+/m0/s1. The van der Waals surface area contributed by atoms with E-state index in [1.54, 1.807) is 18.2 Å². The maximum absolute atomic E-state index is 9.55. The van der Waals surface area contributed by atoms with Crippen molar-refractivity contribution in [3.8, 4) is 0 Å². The molecule has 0 aromatic heterocycles. The van der Waals surface area contributed by atoms with Crippen molar-refractivity contribution in [2.45, 2.75) is 25.5 Å². The van der Waals surface area contributed by atoms with Crippen LogP contribution in [0.5, 0.6) is 0 Å². The summed E-state index contributed by atoms with van der Waals surface area (Å²) < 4.78 is 0. The van der Waals surface area contributed by atoms with E-state index < -0.39 is 12.1 Å². The minimum atomic E-state index is -0.565. The van der Waals surface area contributed by atoms with Gasteiger partial charge in [0, 0.05) is 10.0 Å². The fourth-order valence-electron chi connectivity index (χ4n) is 1.24. The molecule has 4 heteroatoms. The summed E-state index contributed by atoms with van der Waals surface area (Å²) in [5.74, 6) is 0. The molecule has 2 atom stereocenters. The van der Waals surface area contributed by atoms with Crippen LogP contribution in [0.2, 0.25) is 10.0 Å². The summed E-state index contributed by atoms with van der Waals surface area (Å²) in [7, 11) is 0. The van der Waals surface area contributed by atoms with Crippen molar-refractivity contribution >= 4 is 23.2 Å². The van der Waals surface area contributed by atoms with E-state index in [-0.39, 0.29) is 0 Å². The largest absolute Gasteiger partial charge is 0.391 e. The number of aliphatic hydroxyl groups is 1. The summed E-state index contributed by atoms with van der Waals surface area (Å²) in [5, 5.41) is 10.6. The van der Waals surface area contributed by atoms with E-state index in [1.807, 2.05) is 6.92 Å². The van der Waals surface area contributed by atoms with Crippen LogP contribution in [0.4, 0.5) is 0 Å². The fourth-order valence-corrected chi connectivity index (χ4v) is 1.79. The number of hydrogen-bond donors (Lipinski definition) is 2. The van der Waals surface area contributed by atoms with E-state index in [1.165, 1.54) is 0 Å². The van der Waals surface area contributed by atoms with Crippen molar-refractivity contribution in [1.29, 1.82) is 0 Å². The fraction of sp³-hybridized carbons (Fsp3) is 0.400. The van der Waals surface area contributed by atoms with Crippen LogP contribution in [-0.4, -0.2) is 11.2 Å². The van der Waals surface area contributed by atoms with Gasteiger partial charge >= 0.3 is 0 Å². The zero-order valence-corrected chi connectivity index (χ0v) is 9.39. The Kier molecular flexibility index (Phi) is 4.20. The van der Waals surface area contributed by atoms with Crippen LogP contribution in [0.3, 0.4) is 0 Å². The lowest BCUT2D eigenvalue weighted by Gasteiger charge is -2.18. The Labute approximate surface area is 93.6 Å². The van der Waals surface area contributed by atoms with Crippen molar-refractivity contribution in [2.75, 3.05) is 0 Å². The second-order valence-corrected chi connectivity index (χ2v) is 4.08. The summed E-state index contributed by atoms with van der Waals surface area (Å²) in [5.41, 5.74) is 6.58. The zero-order valence-electron chi connectivity index (χ0n) is 7.87. The van der Waals surface area contributed by atoms with E-state index in [2.05, 4.69) is 0 Å². The molecule has 0 saturated heterocycles. The Morgan fingerprint density at radius 1 is 1.29 bits per heavy atom. The van der Waals surface area contributed by atoms with Crippen LogP contribution in [0.1, 0.15) is 24.9 Å². The average molecular weight is 234 g/mol. The van der Waals surface area contributed by atoms with Gasteiger partial charge in [0.2, 0.25) is 0 Å². The first kappa shape index (κ1) is 11.8. The van der Waals surface area contributed by atoms with Gasteiger partial charge < -0.3 is 10.8 Å². The topological polar surface area (TPSA) is 46.2 Å². The van der Waals surface area contributed by atoms with Crippen LogP contribution in [-0.2, 0) is 0 Å². The number of halogens is 2. The van der Waals surface area contributed by atoms with Crippen LogP contribution < -0.4 is 5.73 Å². The number of nitrogens with two attached hydrogens (primary N) is 1. The van der Waals surface area contributed by atoms with Gasteiger partial charge in [-0.25, -0.2) is 0 Å². The first-order valence-electron chi connectivity index (χ1n) is 4.44. The summed E-state index contributed by atoms with van der Waals surface area (Å²) in [6.45, 7) is 1.87. The van der Waals surface area contributed by atoms with Crippen molar-refractivity contribution in [3.63, 3.8) is 0 Å². The maximum atomic E-state index is 9.55. The van der Waals surface area contributed by atoms with Crippen LogP contribution in [0.25, 0.3) is 0 Å². The molecule has 0 spiro atoms. The van der Waals surface area contributed by atoms with Gasteiger partial charge in [-0.05, 0) is 30.2 Å². The highest BCUT2D eigenvalue weighted by atomic mass is 35.5. The molecule has 0 amide bonds. The van der Waals surface area contributed by atoms with Gasteiger partial charge in [0.1, 0.15) is 0 Å². The number of rotatable bonds is 3. The molecule has 1 rings (SSSR count). The minimum absolute atomic E-state index is 0.434. The number of hydrogen-bond acceptors (Lipinski definition) is 2. The minimum Gasteiger partial charge on any atom is -0.391 e. The molecule has 0 bridgehead atoms. The SMILES string of the molecule is CC[C@H](O)[C@H](N)c1cc(Cl)cc(Cl)c1. The van der Waals surface area contributed by atoms with Gasteiger partial charge in [0.05, 0.1) is 12.1 Å². The molecule has 78 valence electrons. The maximum Gasteiger partial charge on any atom is 0.0730 e. The molecular weight excluding hydrogens is 221 g/mol. The van der Waals surface area contributed by atoms with E-state index >= 15 is 0 Å². The molecule has 0 fully saturated rings. The van der Waals surface area contributed by atoms with Crippen molar-refractivity contribution in [2.24, 2.45) is 5.73 Å². The third-order valence-corrected chi connectivity index (χ3v) is 2.54. The summed E-state index contributed by atoms with van der Waals surface area (Å²) in [6, 6.07) is 4.64. The van der Waals surface area contributed by atoms with Gasteiger partial charge in [-0.1, -0.05) is 30.1 Å². The first-order chi connectivity index (χ1) is 6.54. The molecule has 0 aliphatic rings. The number of benzene rings is 1. The van der Waals surface area contributed by atoms with Gasteiger partial charge in [-0.2, -0.15) is 0 Å². The normalized spacial score (nSPS) is 15.2. The van der Waals surface area contributed by atoms with Crippen LogP contribution >= 0.6 is 23.2 Å². The Morgan fingerprint density at radius 3 is 2.21 bits per heavy atom. The molecule has 0 aliphatic carbocycles. The Bertz CT molecular complexity index is 297. The van der Waals surface area contributed by atoms with Gasteiger partial charge in [0.15, 0.2) is 0 Å². The smallest absolute Gasteiger partial charge is 0.0730 e. The number of aliphatic hydroxyl groups excluding tert-OH is 1. The molecule has 14 heavy (non-hydrogen) atoms. The van der Waals surface area contributed by atoms with E-state index in [0.29, 0.717) is 16.5 Å². The first-order valence-corrected chi connectivity index (χ1v) is 5.19. The molecule has 0 heterocycles. The average Bonchev–Trinajstić information content (AvgIpc) is 2.14. The Hall–Kier alpha value is -0.280. The highest BCUT2D eigenvalue weighted by Crippen LogP contribution is 2.24. The molecule has 0 saturated carbocycles. The molecule has 0 aliphatic heterocycles. The lowest BCUT2D eigenvalue weighted by Crippen LogP contribution is -2.25. The Morgan fingerprint density at radius 2 is 1.79 bits per heavy atom. The van der Waals surface area contributed by atoms with Crippen LogP contribution in [0.15, 0.2) is 18.2 Å². The van der Waals surface area contributed by atoms with E-state index in [4.69, 9.17) is 28.9 Å². The highest BCUT2D eigenvalue weighted by Gasteiger charge is 2.15. The van der Waals surface area contributed by atoms with Gasteiger partial charge in [-0.3, -0.25) is 0 Å². The summed E-state index contributed by atoms with van der Waals surface area (Å²) >= 11 is 11.6. The van der Waals surface area contributed by atoms with Gasteiger partial charge in [0.25, 0.3) is 0 Å². The highest BCUT2D eigenvalue weighted by molar-refractivity contribution is 6.34. The van der Waals surface area contributed by atoms with Crippen molar-refractivity contribution < 1.29 is 5.11 Å². The second kappa shape index (κ2) is 4.99. The third kappa shape index (κ3) is 2.85. The molecule has 2 nitrogen and oxygen atoms in total. The van der Waals surface area contributed by atoms with Crippen molar-refractivity contribution in [1.82, 2.24) is 0 Å². The third-order valence-electron chi connectivity index (χ3n) is 2.10. The molecular formula is C10H13Cl2NO. The predicted molar refractivity (Wildman–Crippen MR) is 59.7 cm³/mol. The molecule has 0 radical (unpaired) electrons. The molecule has 3 N–H and O–H groups in total. The predicted octanol–water partition coefficient (Wildman–Crippen LogP) is 2.76. The molecule has 1 aromatic rings. The molecule has 0 unspecified atom stereocenters. The summed E-state index contributed by atoms with van der Waals surface area (Å²) in [6.07, 6.45) is 0.0372. The van der Waals surface area contributed by atoms with Gasteiger partial charge in [-0.15, -0.1) is 0 Å². The monoisotopic (exact) mass is 233 g/mol. The summed E-state index contributed by atoms with van der Waals surface area (Å²) in [4.78, 5) is 0. The van der Waals surface area contributed by atoms with E-state index in [9.17, 15) is 5.11 Å². The lowest BCUT2D eigenvalue weighted by molar-refractivity contribution is 0.141. The lowest BCUT2D eigenvalue weighted by atomic mass is 10.0. The van der Waals surface area contributed by atoms with Crippen molar-refractivity contribution in [3.05, 3.63) is 33.8 Å². The quantitative estimate of drug-likeness (QED) is 0.844. The zero-order chi connectivity index (χ0) is 10.7. The van der Waals surface area contributed by atoms with Crippen LogP contribution in [0, 0.1) is 0 Å².